The monoisotopic (exact) mass is 395 g/mol. The number of nitrogens with one attached hydrogen (secondary N) is 1. The minimum atomic E-state index is -0.801. The van der Waals surface area contributed by atoms with Gasteiger partial charge in [-0.05, 0) is 46.1 Å². The topological polar surface area (TPSA) is 88.2 Å². The minimum Gasteiger partial charge on any atom is -0.466 e. The fraction of sp³-hybridized carbons (Fsp3) is 0.750. The van der Waals surface area contributed by atoms with Crippen molar-refractivity contribution in [2.75, 3.05) is 39.8 Å². The van der Waals surface area contributed by atoms with Crippen molar-refractivity contribution in [1.29, 1.82) is 0 Å². The fourth-order valence-electron chi connectivity index (χ4n) is 4.17. The van der Waals surface area contributed by atoms with Crippen LogP contribution in [0.25, 0.3) is 0 Å². The molecule has 158 valence electrons. The fourth-order valence-corrected chi connectivity index (χ4v) is 4.17. The van der Waals surface area contributed by atoms with E-state index in [0.29, 0.717) is 38.4 Å². The van der Waals surface area contributed by atoms with Gasteiger partial charge in [0.1, 0.15) is 0 Å². The average molecular weight is 396 g/mol. The maximum atomic E-state index is 12.7. The number of nitrogens with zero attached hydrogens (tertiary/aromatic N) is 2. The summed E-state index contributed by atoms with van der Waals surface area (Å²) in [6, 6.07) is 0.271. The molecule has 0 aliphatic carbocycles. The first-order valence-electron chi connectivity index (χ1n) is 10.1. The van der Waals surface area contributed by atoms with E-state index < -0.39 is 5.41 Å². The highest BCUT2D eigenvalue weighted by Crippen LogP contribution is 2.37. The third kappa shape index (κ3) is 5.47. The van der Waals surface area contributed by atoms with Gasteiger partial charge < -0.3 is 19.7 Å². The Balaban J connectivity index is 2.02. The number of amides is 2. The summed E-state index contributed by atoms with van der Waals surface area (Å²) < 4.78 is 10.4. The van der Waals surface area contributed by atoms with Crippen LogP contribution in [0, 0.1) is 5.41 Å². The van der Waals surface area contributed by atoms with E-state index >= 15 is 0 Å². The third-order valence-electron chi connectivity index (χ3n) is 5.59. The number of hydrogen-bond donors (Lipinski definition) is 1. The Labute approximate surface area is 167 Å². The Morgan fingerprint density at radius 1 is 1.21 bits per heavy atom. The van der Waals surface area contributed by atoms with E-state index in [1.165, 1.54) is 0 Å². The van der Waals surface area contributed by atoms with Gasteiger partial charge in [-0.15, -0.1) is 0 Å². The summed E-state index contributed by atoms with van der Waals surface area (Å²) in [6.07, 6.45) is 2.90. The lowest BCUT2D eigenvalue weighted by atomic mass is 9.76. The first kappa shape index (κ1) is 22.2. The Morgan fingerprint density at radius 3 is 2.46 bits per heavy atom. The lowest BCUT2D eigenvalue weighted by Gasteiger charge is -2.46. The molecule has 2 aliphatic rings. The van der Waals surface area contributed by atoms with Crippen molar-refractivity contribution >= 4 is 18.0 Å². The summed E-state index contributed by atoms with van der Waals surface area (Å²) in [5.74, 6) is -0.0467. The molecule has 0 aromatic carbocycles. The number of esters is 1. The second-order valence-corrected chi connectivity index (χ2v) is 7.71. The zero-order valence-corrected chi connectivity index (χ0v) is 17.3. The number of carbonyl (C=O) groups excluding carboxylic acids is 3. The highest BCUT2D eigenvalue weighted by molar-refractivity contribution is 5.86. The second-order valence-electron chi connectivity index (χ2n) is 7.71. The average Bonchev–Trinajstić information content (AvgIpc) is 2.67. The molecule has 0 aromatic heterocycles. The van der Waals surface area contributed by atoms with E-state index in [0.717, 1.165) is 25.8 Å². The molecule has 2 aliphatic heterocycles. The third-order valence-corrected chi connectivity index (χ3v) is 5.59. The lowest BCUT2D eigenvalue weighted by molar-refractivity contribution is -0.162. The molecule has 1 atom stereocenters. The molecule has 0 aromatic rings. The zero-order valence-electron chi connectivity index (χ0n) is 17.3. The molecule has 8 nitrogen and oxygen atoms in total. The van der Waals surface area contributed by atoms with Crippen molar-refractivity contribution in [2.24, 2.45) is 5.41 Å². The van der Waals surface area contributed by atoms with E-state index in [1.54, 1.807) is 25.8 Å². The van der Waals surface area contributed by atoms with E-state index in [1.807, 2.05) is 0 Å². The highest BCUT2D eigenvalue weighted by Gasteiger charge is 2.46. The Hall–Kier alpha value is -2.09. The smallest absolute Gasteiger partial charge is 0.414 e. The molecule has 2 fully saturated rings. The number of allylic oxidation sites excluding steroid dienone is 1. The van der Waals surface area contributed by atoms with Crippen LogP contribution in [-0.2, 0) is 19.1 Å². The SMILES string of the molecule is C=C(C)OC(=O)N1CCC(N2CCCC(CC(=O)NC)(C(=O)OCC)C2)CC1. The number of hydrogen-bond acceptors (Lipinski definition) is 6. The predicted octanol–water partition coefficient (Wildman–Crippen LogP) is 1.90. The molecule has 0 bridgehead atoms. The van der Waals surface area contributed by atoms with E-state index in [9.17, 15) is 14.4 Å². The zero-order chi connectivity index (χ0) is 20.7. The van der Waals surface area contributed by atoms with Crippen molar-refractivity contribution in [1.82, 2.24) is 15.1 Å². The predicted molar refractivity (Wildman–Crippen MR) is 104 cm³/mol. The van der Waals surface area contributed by atoms with Crippen molar-refractivity contribution in [3.8, 4) is 0 Å². The van der Waals surface area contributed by atoms with Crippen LogP contribution < -0.4 is 5.32 Å². The number of piperidine rings is 2. The molecule has 28 heavy (non-hydrogen) atoms. The number of carbonyl (C=O) groups is 3. The van der Waals surface area contributed by atoms with Crippen molar-refractivity contribution in [3.05, 3.63) is 12.3 Å². The van der Waals surface area contributed by atoms with Crippen LogP contribution in [0.15, 0.2) is 12.3 Å². The maximum Gasteiger partial charge on any atom is 0.414 e. The maximum absolute atomic E-state index is 12.7. The van der Waals surface area contributed by atoms with Crippen LogP contribution in [0.2, 0.25) is 0 Å². The standard InChI is InChI=1S/C20H33N3O5/c1-5-27-18(25)20(13-17(24)21-4)9-6-10-23(14-20)16-7-11-22(12-8-16)19(26)28-15(2)3/h16H,2,5-14H2,1,3-4H3,(H,21,24). The van der Waals surface area contributed by atoms with Crippen molar-refractivity contribution in [2.45, 2.75) is 52.0 Å². The van der Waals surface area contributed by atoms with Crippen LogP contribution >= 0.6 is 0 Å². The number of rotatable bonds is 6. The summed E-state index contributed by atoms with van der Waals surface area (Å²) in [5, 5.41) is 2.63. The van der Waals surface area contributed by atoms with Gasteiger partial charge in [0.05, 0.1) is 17.8 Å². The molecule has 8 heteroatoms. The van der Waals surface area contributed by atoms with Crippen LogP contribution in [0.4, 0.5) is 4.79 Å². The van der Waals surface area contributed by atoms with Gasteiger partial charge in [0.2, 0.25) is 5.91 Å². The molecule has 1 unspecified atom stereocenters. The molecule has 2 rings (SSSR count). The van der Waals surface area contributed by atoms with E-state index in [2.05, 4.69) is 16.8 Å². The van der Waals surface area contributed by atoms with Gasteiger partial charge >= 0.3 is 12.1 Å². The Kier molecular flexibility index (Phi) is 7.86. The second kappa shape index (κ2) is 9.91. The molecule has 0 saturated carbocycles. The summed E-state index contributed by atoms with van der Waals surface area (Å²) in [5.41, 5.74) is -0.801. The normalized spacial score (nSPS) is 23.8. The van der Waals surface area contributed by atoms with Gasteiger partial charge in [-0.25, -0.2) is 4.79 Å². The first-order valence-corrected chi connectivity index (χ1v) is 10.1. The number of ether oxygens (including phenoxy) is 2. The van der Waals surface area contributed by atoms with Crippen LogP contribution in [-0.4, -0.2) is 73.6 Å². The highest BCUT2D eigenvalue weighted by atomic mass is 16.6. The van der Waals surface area contributed by atoms with Gasteiger partial charge in [0, 0.05) is 39.1 Å². The molecule has 0 spiro atoms. The first-order chi connectivity index (χ1) is 13.3. The summed E-state index contributed by atoms with van der Waals surface area (Å²) in [4.78, 5) is 40.8. The number of likely N-dealkylation sites (tertiary alicyclic amines) is 2. The van der Waals surface area contributed by atoms with Crippen LogP contribution in [0.3, 0.4) is 0 Å². The summed E-state index contributed by atoms with van der Waals surface area (Å²) in [6.45, 7) is 9.95. The van der Waals surface area contributed by atoms with Crippen molar-refractivity contribution < 1.29 is 23.9 Å². The largest absolute Gasteiger partial charge is 0.466 e. The van der Waals surface area contributed by atoms with E-state index in [4.69, 9.17) is 9.47 Å². The molecule has 2 heterocycles. The molecule has 2 amide bonds. The quantitative estimate of drug-likeness (QED) is 0.546. The summed E-state index contributed by atoms with van der Waals surface area (Å²) >= 11 is 0. The van der Waals surface area contributed by atoms with Gasteiger partial charge in [0.15, 0.2) is 0 Å². The van der Waals surface area contributed by atoms with Gasteiger partial charge in [-0.3, -0.25) is 14.5 Å². The molecule has 2 saturated heterocycles. The van der Waals surface area contributed by atoms with Crippen LogP contribution in [0.5, 0.6) is 0 Å². The molecular weight excluding hydrogens is 362 g/mol. The van der Waals surface area contributed by atoms with Gasteiger partial charge in [0.25, 0.3) is 0 Å². The van der Waals surface area contributed by atoms with Gasteiger partial charge in [-0.1, -0.05) is 6.58 Å². The van der Waals surface area contributed by atoms with Gasteiger partial charge in [-0.2, -0.15) is 0 Å². The molecule has 0 radical (unpaired) electrons. The minimum absolute atomic E-state index is 0.141. The Morgan fingerprint density at radius 2 is 1.89 bits per heavy atom. The Bertz CT molecular complexity index is 601. The van der Waals surface area contributed by atoms with Crippen LogP contribution in [0.1, 0.15) is 46.0 Å². The van der Waals surface area contributed by atoms with Crippen molar-refractivity contribution in [3.63, 3.8) is 0 Å². The van der Waals surface area contributed by atoms with E-state index in [-0.39, 0.29) is 30.4 Å². The lowest BCUT2D eigenvalue weighted by Crippen LogP contribution is -2.55. The molecule has 1 N–H and O–H groups in total. The molecular formula is C20H33N3O5. The summed E-state index contributed by atoms with van der Waals surface area (Å²) in [7, 11) is 1.58.